The number of nitrogens with zero attached hydrogens (tertiary/aromatic N) is 4. The van der Waals surface area contributed by atoms with Crippen molar-refractivity contribution in [3.8, 4) is 28.2 Å². The van der Waals surface area contributed by atoms with Gasteiger partial charge in [0.15, 0.2) is 0 Å². The fourth-order valence-electron chi connectivity index (χ4n) is 8.46. The van der Waals surface area contributed by atoms with Crippen LogP contribution in [0.1, 0.15) is 25.0 Å². The number of hydrogen-bond acceptors (Lipinski definition) is 3. The lowest BCUT2D eigenvalue weighted by Crippen LogP contribution is -2.15. The summed E-state index contributed by atoms with van der Waals surface area (Å²) in [4.78, 5) is 10.0. The number of imidazole rings is 1. The van der Waals surface area contributed by atoms with Gasteiger partial charge in [0.05, 0.1) is 11.0 Å². The van der Waals surface area contributed by atoms with Gasteiger partial charge in [-0.2, -0.15) is 0 Å². The van der Waals surface area contributed by atoms with E-state index in [0.717, 1.165) is 62.2 Å². The molecular weight excluding hydrogens is 681 g/mol. The highest BCUT2D eigenvalue weighted by Crippen LogP contribution is 2.52. The molecule has 10 rings (SSSR count). The Labute approximate surface area is 328 Å². The maximum absolute atomic E-state index is 5.31. The topological polar surface area (TPSA) is 24.3 Å². The fourth-order valence-corrected chi connectivity index (χ4v) is 8.46. The highest BCUT2D eigenvalue weighted by molar-refractivity contribution is 5.95. The van der Waals surface area contributed by atoms with Gasteiger partial charge in [-0.3, -0.25) is 4.57 Å². The van der Waals surface area contributed by atoms with E-state index in [2.05, 4.69) is 234 Å². The average molecular weight is 721 g/mol. The zero-order valence-electron chi connectivity index (χ0n) is 31.4. The molecule has 268 valence electrons. The average Bonchev–Trinajstić information content (AvgIpc) is 3.74. The van der Waals surface area contributed by atoms with Crippen molar-refractivity contribution >= 4 is 45.2 Å². The van der Waals surface area contributed by atoms with Crippen molar-refractivity contribution in [3.05, 3.63) is 217 Å². The van der Waals surface area contributed by atoms with Gasteiger partial charge in [-0.15, -0.1) is 0 Å². The minimum Gasteiger partial charge on any atom is -0.310 e. The van der Waals surface area contributed by atoms with Crippen molar-refractivity contribution in [1.82, 2.24) is 9.55 Å². The summed E-state index contributed by atoms with van der Waals surface area (Å²) in [7, 11) is 0. The molecule has 0 saturated carbocycles. The Morgan fingerprint density at radius 3 is 1.45 bits per heavy atom. The molecule has 0 radical (unpaired) electrons. The lowest BCUT2D eigenvalue weighted by Gasteiger charge is -2.30. The van der Waals surface area contributed by atoms with Crippen molar-refractivity contribution in [2.45, 2.75) is 19.3 Å². The van der Waals surface area contributed by atoms with E-state index in [9.17, 15) is 0 Å². The Balaban J connectivity index is 1.15. The zero-order chi connectivity index (χ0) is 37.6. The molecule has 0 unspecified atom stereocenters. The molecule has 4 nitrogen and oxygen atoms in total. The first-order valence-corrected chi connectivity index (χ1v) is 19.2. The van der Waals surface area contributed by atoms with Gasteiger partial charge in [-0.1, -0.05) is 129 Å². The molecule has 0 aliphatic heterocycles. The first-order valence-electron chi connectivity index (χ1n) is 19.2. The number of anilines is 6. The summed E-state index contributed by atoms with van der Waals surface area (Å²) in [6, 6.07) is 73.6. The molecule has 0 amide bonds. The van der Waals surface area contributed by atoms with E-state index in [1.807, 2.05) is 0 Å². The summed E-state index contributed by atoms with van der Waals surface area (Å²) in [6.45, 7) is 4.69. The molecule has 1 aromatic heterocycles. The normalized spacial score (nSPS) is 12.6. The summed E-state index contributed by atoms with van der Waals surface area (Å²) < 4.78 is 2.31. The van der Waals surface area contributed by atoms with Crippen LogP contribution in [0, 0.1) is 0 Å². The quantitative estimate of drug-likeness (QED) is 0.156. The maximum atomic E-state index is 5.31. The van der Waals surface area contributed by atoms with Gasteiger partial charge >= 0.3 is 0 Å². The van der Waals surface area contributed by atoms with Crippen LogP contribution in [-0.4, -0.2) is 9.55 Å². The zero-order valence-corrected chi connectivity index (χ0v) is 31.4. The molecule has 9 aromatic rings. The van der Waals surface area contributed by atoms with Crippen LogP contribution in [0.4, 0.5) is 34.1 Å². The van der Waals surface area contributed by atoms with Crippen LogP contribution in [0.3, 0.4) is 0 Å². The van der Waals surface area contributed by atoms with E-state index in [1.165, 1.54) is 22.3 Å². The summed E-state index contributed by atoms with van der Waals surface area (Å²) in [5.41, 5.74) is 15.8. The predicted octanol–water partition coefficient (Wildman–Crippen LogP) is 13.9. The third kappa shape index (κ3) is 5.66. The molecule has 56 heavy (non-hydrogen) atoms. The van der Waals surface area contributed by atoms with Crippen molar-refractivity contribution in [3.63, 3.8) is 0 Å². The SMILES string of the molecule is CC1(C)c2ccc(N(c3ccccc3)c3cccc(N(c4ccccc4)c4ccccc4)c3)cc2-c2cc3c(cc21)nc(-c1ccccc1)n3-c1ccccc1. The van der Waals surface area contributed by atoms with Crippen molar-refractivity contribution in [2.75, 3.05) is 9.80 Å². The Kier molecular flexibility index (Phi) is 8.11. The molecular formula is C52H40N4. The summed E-state index contributed by atoms with van der Waals surface area (Å²) in [6.07, 6.45) is 0. The van der Waals surface area contributed by atoms with Crippen molar-refractivity contribution < 1.29 is 0 Å². The number of rotatable bonds is 8. The van der Waals surface area contributed by atoms with Gasteiger partial charge in [0.1, 0.15) is 5.82 Å². The fraction of sp³-hybridized carbons (Fsp3) is 0.0577. The van der Waals surface area contributed by atoms with Crippen LogP contribution < -0.4 is 9.80 Å². The highest BCUT2D eigenvalue weighted by atomic mass is 15.2. The van der Waals surface area contributed by atoms with E-state index >= 15 is 0 Å². The molecule has 1 heterocycles. The minimum atomic E-state index is -0.204. The van der Waals surface area contributed by atoms with Gasteiger partial charge in [-0.05, 0) is 113 Å². The molecule has 0 fully saturated rings. The summed E-state index contributed by atoms with van der Waals surface area (Å²) in [5.74, 6) is 0.942. The summed E-state index contributed by atoms with van der Waals surface area (Å²) >= 11 is 0. The Hall–Kier alpha value is -7.17. The van der Waals surface area contributed by atoms with Gasteiger partial charge in [0, 0.05) is 50.8 Å². The Morgan fingerprint density at radius 2 is 0.875 bits per heavy atom. The van der Waals surface area contributed by atoms with E-state index in [1.54, 1.807) is 0 Å². The second-order valence-electron chi connectivity index (χ2n) is 14.9. The lowest BCUT2D eigenvalue weighted by molar-refractivity contribution is 0.661. The van der Waals surface area contributed by atoms with Crippen LogP contribution in [0.5, 0.6) is 0 Å². The van der Waals surface area contributed by atoms with E-state index in [0.29, 0.717) is 0 Å². The van der Waals surface area contributed by atoms with Crippen molar-refractivity contribution in [1.29, 1.82) is 0 Å². The number of hydrogen-bond donors (Lipinski definition) is 0. The lowest BCUT2D eigenvalue weighted by atomic mass is 9.82. The largest absolute Gasteiger partial charge is 0.310 e. The molecule has 0 bridgehead atoms. The molecule has 0 N–H and O–H groups in total. The highest BCUT2D eigenvalue weighted by Gasteiger charge is 2.37. The van der Waals surface area contributed by atoms with Gasteiger partial charge in [0.2, 0.25) is 0 Å². The molecule has 8 aromatic carbocycles. The predicted molar refractivity (Wildman–Crippen MR) is 233 cm³/mol. The standard InChI is InChI=1S/C52H40N4/c1-52(2)47-32-31-44(34-45(47)46-35-50-49(36-48(46)52)53-51(37-19-8-3-9-20-37)56(50)41-27-16-7-17-28-41)55(40-25-14-6-15-26-40)43-30-18-29-42(33-43)54(38-21-10-4-11-22-38)39-23-12-5-13-24-39/h3-36H,1-2H3. The number of fused-ring (bicyclic) bond motifs is 4. The Bertz CT molecular complexity index is 2770. The second kappa shape index (κ2) is 13.6. The monoisotopic (exact) mass is 720 g/mol. The summed E-state index contributed by atoms with van der Waals surface area (Å²) in [5, 5.41) is 0. The Morgan fingerprint density at radius 1 is 0.411 bits per heavy atom. The van der Waals surface area contributed by atoms with E-state index in [4.69, 9.17) is 4.98 Å². The van der Waals surface area contributed by atoms with Crippen molar-refractivity contribution in [2.24, 2.45) is 0 Å². The maximum Gasteiger partial charge on any atom is 0.145 e. The molecule has 0 spiro atoms. The molecule has 4 heteroatoms. The van der Waals surface area contributed by atoms with Crippen LogP contribution in [0.15, 0.2) is 206 Å². The van der Waals surface area contributed by atoms with Crippen LogP contribution in [-0.2, 0) is 5.41 Å². The van der Waals surface area contributed by atoms with E-state index in [-0.39, 0.29) is 5.41 Å². The third-order valence-corrected chi connectivity index (χ3v) is 11.1. The second-order valence-corrected chi connectivity index (χ2v) is 14.9. The molecule has 1 aliphatic carbocycles. The number of benzene rings is 8. The third-order valence-electron chi connectivity index (χ3n) is 11.1. The van der Waals surface area contributed by atoms with Gasteiger partial charge in [-0.25, -0.2) is 4.98 Å². The first kappa shape index (κ1) is 33.4. The number of aromatic nitrogens is 2. The van der Waals surface area contributed by atoms with Gasteiger partial charge < -0.3 is 9.80 Å². The van der Waals surface area contributed by atoms with Crippen LogP contribution >= 0.6 is 0 Å². The van der Waals surface area contributed by atoms with Crippen LogP contribution in [0.2, 0.25) is 0 Å². The van der Waals surface area contributed by atoms with Gasteiger partial charge in [0.25, 0.3) is 0 Å². The molecule has 1 aliphatic rings. The van der Waals surface area contributed by atoms with Crippen LogP contribution in [0.25, 0.3) is 39.2 Å². The van der Waals surface area contributed by atoms with E-state index < -0.39 is 0 Å². The smallest absolute Gasteiger partial charge is 0.145 e. The molecule has 0 atom stereocenters. The first-order chi connectivity index (χ1) is 27.5. The number of para-hydroxylation sites is 4. The minimum absolute atomic E-state index is 0.204. The molecule has 0 saturated heterocycles.